The molecule has 0 radical (unpaired) electrons. The van der Waals surface area contributed by atoms with E-state index < -0.39 is 0 Å². The SMILES string of the molecule is NCc1ccc(-c2cc3c(Br)cccc3s2)nc1. The molecule has 0 atom stereocenters. The van der Waals surface area contributed by atoms with Crippen LogP contribution in [-0.4, -0.2) is 4.98 Å². The van der Waals surface area contributed by atoms with Crippen LogP contribution in [0.2, 0.25) is 0 Å². The molecule has 3 aromatic rings. The van der Waals surface area contributed by atoms with Gasteiger partial charge in [0, 0.05) is 27.3 Å². The van der Waals surface area contributed by atoms with E-state index in [1.54, 1.807) is 11.3 Å². The van der Waals surface area contributed by atoms with Crippen molar-refractivity contribution in [2.45, 2.75) is 6.54 Å². The fourth-order valence-electron chi connectivity index (χ4n) is 1.84. The van der Waals surface area contributed by atoms with E-state index in [1.807, 2.05) is 18.3 Å². The molecule has 0 saturated carbocycles. The van der Waals surface area contributed by atoms with Crippen molar-refractivity contribution in [1.29, 1.82) is 0 Å². The zero-order chi connectivity index (χ0) is 12.5. The Bertz CT molecular complexity index is 689. The Morgan fingerprint density at radius 1 is 1.22 bits per heavy atom. The Hall–Kier alpha value is -1.23. The average molecular weight is 319 g/mol. The zero-order valence-corrected chi connectivity index (χ0v) is 12.0. The van der Waals surface area contributed by atoms with Crippen molar-refractivity contribution < 1.29 is 0 Å². The van der Waals surface area contributed by atoms with Crippen molar-refractivity contribution in [3.05, 3.63) is 52.6 Å². The number of rotatable bonds is 2. The first-order valence-corrected chi connectivity index (χ1v) is 7.22. The van der Waals surface area contributed by atoms with Gasteiger partial charge in [0.2, 0.25) is 0 Å². The van der Waals surface area contributed by atoms with Crippen LogP contribution in [0.25, 0.3) is 20.7 Å². The molecule has 0 saturated heterocycles. The van der Waals surface area contributed by atoms with Crippen LogP contribution in [0.5, 0.6) is 0 Å². The average Bonchev–Trinajstić information content (AvgIpc) is 2.84. The molecule has 2 heterocycles. The van der Waals surface area contributed by atoms with E-state index in [2.05, 4.69) is 45.2 Å². The molecule has 0 bridgehead atoms. The van der Waals surface area contributed by atoms with Gasteiger partial charge in [0.25, 0.3) is 0 Å². The maximum atomic E-state index is 5.58. The largest absolute Gasteiger partial charge is 0.326 e. The topological polar surface area (TPSA) is 38.9 Å². The number of benzene rings is 1. The van der Waals surface area contributed by atoms with E-state index in [1.165, 1.54) is 15.0 Å². The number of thiophene rings is 1. The number of hydrogen-bond donors (Lipinski definition) is 1. The Morgan fingerprint density at radius 3 is 2.78 bits per heavy atom. The van der Waals surface area contributed by atoms with Crippen molar-refractivity contribution in [3.8, 4) is 10.6 Å². The number of fused-ring (bicyclic) bond motifs is 1. The third-order valence-electron chi connectivity index (χ3n) is 2.82. The Morgan fingerprint density at radius 2 is 2.11 bits per heavy atom. The molecule has 1 aromatic carbocycles. The molecular weight excluding hydrogens is 308 g/mol. The van der Waals surface area contributed by atoms with Crippen LogP contribution in [0.4, 0.5) is 0 Å². The Labute approximate surface area is 118 Å². The quantitative estimate of drug-likeness (QED) is 0.769. The molecule has 0 aliphatic carbocycles. The van der Waals surface area contributed by atoms with Crippen molar-refractivity contribution in [2.75, 3.05) is 0 Å². The number of nitrogens with zero attached hydrogens (tertiary/aromatic N) is 1. The molecule has 0 aliphatic heterocycles. The van der Waals surface area contributed by atoms with Crippen LogP contribution >= 0.6 is 27.3 Å². The Kier molecular flexibility index (Phi) is 3.16. The summed E-state index contributed by atoms with van der Waals surface area (Å²) in [5.74, 6) is 0. The fraction of sp³-hybridized carbons (Fsp3) is 0.0714. The first-order chi connectivity index (χ1) is 8.78. The molecule has 2 aromatic heterocycles. The minimum atomic E-state index is 0.533. The Balaban J connectivity index is 2.10. The van der Waals surface area contributed by atoms with Gasteiger partial charge in [-0.05, 0) is 29.8 Å². The molecule has 90 valence electrons. The molecular formula is C14H11BrN2S. The third-order valence-corrected chi connectivity index (χ3v) is 4.64. The smallest absolute Gasteiger partial charge is 0.0802 e. The number of nitrogens with two attached hydrogens (primary N) is 1. The van der Waals surface area contributed by atoms with Gasteiger partial charge in [-0.15, -0.1) is 11.3 Å². The normalized spacial score (nSPS) is 11.0. The van der Waals surface area contributed by atoms with Crippen LogP contribution in [0.3, 0.4) is 0 Å². The maximum absolute atomic E-state index is 5.58. The van der Waals surface area contributed by atoms with Gasteiger partial charge in [-0.1, -0.05) is 28.1 Å². The van der Waals surface area contributed by atoms with Gasteiger partial charge in [0.05, 0.1) is 10.6 Å². The molecule has 0 unspecified atom stereocenters. The highest BCUT2D eigenvalue weighted by molar-refractivity contribution is 9.10. The summed E-state index contributed by atoms with van der Waals surface area (Å²) in [7, 11) is 0. The molecule has 2 N–H and O–H groups in total. The number of pyridine rings is 1. The summed E-state index contributed by atoms with van der Waals surface area (Å²) in [6.45, 7) is 0.533. The number of aromatic nitrogens is 1. The molecule has 0 amide bonds. The standard InChI is InChI=1S/C14H11BrN2S/c15-11-2-1-3-13-10(11)6-14(18-13)12-5-4-9(7-16)8-17-12/h1-6,8H,7,16H2. The highest BCUT2D eigenvalue weighted by atomic mass is 79.9. The van der Waals surface area contributed by atoms with Crippen molar-refractivity contribution in [2.24, 2.45) is 5.73 Å². The lowest BCUT2D eigenvalue weighted by Crippen LogP contribution is -1.96. The van der Waals surface area contributed by atoms with Gasteiger partial charge in [0.1, 0.15) is 0 Å². The van der Waals surface area contributed by atoms with Crippen LogP contribution in [-0.2, 0) is 6.54 Å². The molecule has 0 fully saturated rings. The predicted molar refractivity (Wildman–Crippen MR) is 80.6 cm³/mol. The first-order valence-electron chi connectivity index (χ1n) is 5.61. The van der Waals surface area contributed by atoms with Crippen LogP contribution < -0.4 is 5.73 Å². The second kappa shape index (κ2) is 4.80. The number of halogens is 1. The summed E-state index contributed by atoms with van der Waals surface area (Å²) >= 11 is 5.33. The monoisotopic (exact) mass is 318 g/mol. The summed E-state index contributed by atoms with van der Waals surface area (Å²) in [6.07, 6.45) is 1.84. The van der Waals surface area contributed by atoms with Gasteiger partial charge in [-0.2, -0.15) is 0 Å². The first kappa shape index (κ1) is 11.8. The number of hydrogen-bond acceptors (Lipinski definition) is 3. The molecule has 18 heavy (non-hydrogen) atoms. The van der Waals surface area contributed by atoms with Gasteiger partial charge >= 0.3 is 0 Å². The van der Waals surface area contributed by atoms with E-state index in [9.17, 15) is 0 Å². The highest BCUT2D eigenvalue weighted by Gasteiger charge is 2.07. The zero-order valence-electron chi connectivity index (χ0n) is 9.56. The van der Waals surface area contributed by atoms with E-state index in [0.717, 1.165) is 15.7 Å². The lowest BCUT2D eigenvalue weighted by atomic mass is 10.2. The summed E-state index contributed by atoms with van der Waals surface area (Å²) < 4.78 is 2.39. The van der Waals surface area contributed by atoms with Crippen LogP contribution in [0, 0.1) is 0 Å². The van der Waals surface area contributed by atoms with Gasteiger partial charge in [-0.3, -0.25) is 4.98 Å². The second-order valence-electron chi connectivity index (χ2n) is 4.02. The van der Waals surface area contributed by atoms with Crippen molar-refractivity contribution in [1.82, 2.24) is 4.98 Å². The van der Waals surface area contributed by atoms with Crippen LogP contribution in [0.1, 0.15) is 5.56 Å². The van der Waals surface area contributed by atoms with Gasteiger partial charge in [-0.25, -0.2) is 0 Å². The van der Waals surface area contributed by atoms with Crippen molar-refractivity contribution >= 4 is 37.4 Å². The van der Waals surface area contributed by atoms with Gasteiger partial charge < -0.3 is 5.73 Å². The summed E-state index contributed by atoms with van der Waals surface area (Å²) in [4.78, 5) is 5.64. The minimum Gasteiger partial charge on any atom is -0.326 e. The molecule has 3 rings (SSSR count). The van der Waals surface area contributed by atoms with Crippen molar-refractivity contribution in [3.63, 3.8) is 0 Å². The predicted octanol–water partition coefficient (Wildman–Crippen LogP) is 4.18. The third kappa shape index (κ3) is 2.07. The summed E-state index contributed by atoms with van der Waals surface area (Å²) in [6, 6.07) is 12.5. The second-order valence-corrected chi connectivity index (χ2v) is 5.96. The molecule has 0 spiro atoms. The molecule has 2 nitrogen and oxygen atoms in total. The molecule has 4 heteroatoms. The van der Waals surface area contributed by atoms with Crippen LogP contribution in [0.15, 0.2) is 47.1 Å². The fourth-order valence-corrected chi connectivity index (χ4v) is 3.52. The minimum absolute atomic E-state index is 0.533. The van der Waals surface area contributed by atoms with E-state index in [0.29, 0.717) is 6.54 Å². The summed E-state index contributed by atoms with van der Waals surface area (Å²) in [5, 5.41) is 1.24. The van der Waals surface area contributed by atoms with E-state index in [-0.39, 0.29) is 0 Å². The lowest BCUT2D eigenvalue weighted by Gasteiger charge is -1.98. The van der Waals surface area contributed by atoms with E-state index in [4.69, 9.17) is 5.73 Å². The summed E-state index contributed by atoms with van der Waals surface area (Å²) in [5.41, 5.74) is 7.63. The van der Waals surface area contributed by atoms with Gasteiger partial charge in [0.15, 0.2) is 0 Å². The maximum Gasteiger partial charge on any atom is 0.0802 e. The highest BCUT2D eigenvalue weighted by Crippen LogP contribution is 2.36. The lowest BCUT2D eigenvalue weighted by molar-refractivity contribution is 1.05. The molecule has 0 aliphatic rings. The van der Waals surface area contributed by atoms with E-state index >= 15 is 0 Å².